The van der Waals surface area contributed by atoms with Gasteiger partial charge in [0, 0.05) is 0 Å². The van der Waals surface area contributed by atoms with Gasteiger partial charge in [-0.1, -0.05) is 47.0 Å². The second kappa shape index (κ2) is 5.25. The van der Waals surface area contributed by atoms with E-state index in [1.165, 1.54) is 0 Å². The summed E-state index contributed by atoms with van der Waals surface area (Å²) in [5.74, 6) is 0. The van der Waals surface area contributed by atoms with Gasteiger partial charge in [0.15, 0.2) is 0 Å². The molecule has 0 aliphatic heterocycles. The van der Waals surface area contributed by atoms with Crippen molar-refractivity contribution >= 4 is 40.9 Å². The summed E-state index contributed by atoms with van der Waals surface area (Å²) in [4.78, 5) is 11.1. The Kier molecular flexibility index (Phi) is 4.52. The lowest BCUT2D eigenvalue weighted by Crippen LogP contribution is -2.40. The molecule has 0 heterocycles. The molecular formula is C8H10Cl3NO3. The first-order valence-electron chi connectivity index (χ1n) is 4.23. The zero-order valence-corrected chi connectivity index (χ0v) is 9.89. The molecule has 1 amide bonds. The van der Waals surface area contributed by atoms with E-state index in [0.717, 1.165) is 0 Å². The first-order valence-corrected chi connectivity index (χ1v) is 5.36. The Balaban J connectivity index is 2.27. The number of rotatable bonds is 2. The zero-order valence-electron chi connectivity index (χ0n) is 7.62. The third-order valence-corrected chi connectivity index (χ3v) is 2.11. The predicted octanol–water partition coefficient (Wildman–Crippen LogP) is 1.77. The Morgan fingerprint density at radius 2 is 2.27 bits per heavy atom. The topological polar surface area (TPSA) is 58.6 Å². The molecule has 0 spiro atoms. The Morgan fingerprint density at radius 1 is 1.60 bits per heavy atom. The van der Waals surface area contributed by atoms with Gasteiger partial charge in [-0.15, -0.1) is 0 Å². The van der Waals surface area contributed by atoms with Crippen molar-refractivity contribution in [3.8, 4) is 0 Å². The molecule has 1 aliphatic rings. The first kappa shape index (κ1) is 12.9. The highest BCUT2D eigenvalue weighted by atomic mass is 35.6. The summed E-state index contributed by atoms with van der Waals surface area (Å²) >= 11 is 16.2. The third-order valence-electron chi connectivity index (χ3n) is 1.79. The highest BCUT2D eigenvalue weighted by Crippen LogP contribution is 2.25. The fraction of sp³-hybridized carbons (Fsp3) is 0.625. The summed E-state index contributed by atoms with van der Waals surface area (Å²) in [6, 6.07) is -0.437. The van der Waals surface area contributed by atoms with E-state index in [1.54, 1.807) is 12.2 Å². The molecule has 0 aromatic heterocycles. The fourth-order valence-electron chi connectivity index (χ4n) is 1.11. The molecule has 0 aromatic rings. The van der Waals surface area contributed by atoms with E-state index < -0.39 is 22.0 Å². The third kappa shape index (κ3) is 4.93. The number of carbonyl (C=O) groups excluding carboxylic acids is 1. The lowest BCUT2D eigenvalue weighted by Gasteiger charge is -2.17. The molecule has 0 bridgehead atoms. The molecule has 86 valence electrons. The number of halogens is 3. The molecule has 1 unspecified atom stereocenters. The molecule has 0 saturated carbocycles. The maximum Gasteiger partial charge on any atom is 0.407 e. The van der Waals surface area contributed by atoms with Crippen molar-refractivity contribution in [3.63, 3.8) is 0 Å². The van der Waals surface area contributed by atoms with Gasteiger partial charge in [0.25, 0.3) is 0 Å². The highest BCUT2D eigenvalue weighted by molar-refractivity contribution is 6.67. The first-order chi connectivity index (χ1) is 6.88. The van der Waals surface area contributed by atoms with E-state index in [-0.39, 0.29) is 6.61 Å². The number of hydrogen-bond acceptors (Lipinski definition) is 3. The lowest BCUT2D eigenvalue weighted by atomic mass is 10.2. The molecule has 4 nitrogen and oxygen atoms in total. The van der Waals surface area contributed by atoms with Crippen LogP contribution in [0.4, 0.5) is 4.79 Å². The minimum absolute atomic E-state index is 0.337. The van der Waals surface area contributed by atoms with Crippen LogP contribution in [-0.4, -0.2) is 33.7 Å². The standard InChI is InChI=1S/C8H10Cl3NO3/c9-8(10,11)4-15-7(14)12-5-2-1-3-6(5)13/h1-2,5-6,13H,3-4H2,(H,12,14)/t5?,6-/m0/s1. The molecule has 0 fully saturated rings. The molecular weight excluding hydrogens is 264 g/mol. The van der Waals surface area contributed by atoms with Crippen molar-refractivity contribution in [2.75, 3.05) is 6.61 Å². The summed E-state index contributed by atoms with van der Waals surface area (Å²) in [7, 11) is 0. The van der Waals surface area contributed by atoms with Crippen LogP contribution in [0.15, 0.2) is 12.2 Å². The molecule has 2 atom stereocenters. The number of amides is 1. The van der Waals surface area contributed by atoms with E-state index in [9.17, 15) is 9.90 Å². The summed E-state index contributed by atoms with van der Waals surface area (Å²) < 4.78 is 3.00. The minimum Gasteiger partial charge on any atom is -0.445 e. The van der Waals surface area contributed by atoms with Crippen molar-refractivity contribution in [1.29, 1.82) is 0 Å². The summed E-state index contributed by atoms with van der Waals surface area (Å²) in [5, 5.41) is 11.8. The Labute approximate surface area is 102 Å². The average molecular weight is 275 g/mol. The van der Waals surface area contributed by atoms with Crippen molar-refractivity contribution in [2.45, 2.75) is 22.4 Å². The smallest absolute Gasteiger partial charge is 0.407 e. The molecule has 0 radical (unpaired) electrons. The van der Waals surface area contributed by atoms with Crippen LogP contribution < -0.4 is 5.32 Å². The van der Waals surface area contributed by atoms with Crippen LogP contribution in [0.25, 0.3) is 0 Å². The van der Waals surface area contributed by atoms with Crippen molar-refractivity contribution < 1.29 is 14.6 Å². The van der Waals surface area contributed by atoms with Gasteiger partial charge in [-0.2, -0.15) is 0 Å². The van der Waals surface area contributed by atoms with Crippen LogP contribution in [-0.2, 0) is 4.74 Å². The average Bonchev–Trinajstić information content (AvgIpc) is 2.47. The second-order valence-corrected chi connectivity index (χ2v) is 5.61. The molecule has 15 heavy (non-hydrogen) atoms. The van der Waals surface area contributed by atoms with Gasteiger partial charge < -0.3 is 15.2 Å². The van der Waals surface area contributed by atoms with Crippen molar-refractivity contribution in [2.24, 2.45) is 0 Å². The van der Waals surface area contributed by atoms with Crippen molar-refractivity contribution in [3.05, 3.63) is 12.2 Å². The SMILES string of the molecule is O=C(NC1C=CC[C@@H]1O)OCC(Cl)(Cl)Cl. The van der Waals surface area contributed by atoms with Crippen LogP contribution >= 0.6 is 34.8 Å². The number of carbonyl (C=O) groups is 1. The maximum absolute atomic E-state index is 11.1. The number of alkyl halides is 3. The van der Waals surface area contributed by atoms with Gasteiger partial charge in [0.05, 0.1) is 12.1 Å². The van der Waals surface area contributed by atoms with E-state index in [1.807, 2.05) is 0 Å². The molecule has 2 N–H and O–H groups in total. The Bertz CT molecular complexity index is 264. The minimum atomic E-state index is -1.62. The van der Waals surface area contributed by atoms with Gasteiger partial charge in [0.2, 0.25) is 3.79 Å². The van der Waals surface area contributed by atoms with Crippen LogP contribution in [0.5, 0.6) is 0 Å². The van der Waals surface area contributed by atoms with Gasteiger partial charge in [0.1, 0.15) is 6.61 Å². The van der Waals surface area contributed by atoms with Gasteiger partial charge in [-0.05, 0) is 6.42 Å². The van der Waals surface area contributed by atoms with E-state index >= 15 is 0 Å². The Morgan fingerprint density at radius 3 is 2.73 bits per heavy atom. The molecule has 1 rings (SSSR count). The van der Waals surface area contributed by atoms with Gasteiger partial charge >= 0.3 is 6.09 Å². The van der Waals surface area contributed by atoms with E-state index in [0.29, 0.717) is 6.42 Å². The number of nitrogens with one attached hydrogen (secondary N) is 1. The monoisotopic (exact) mass is 273 g/mol. The Hall–Kier alpha value is -0.160. The summed E-state index contributed by atoms with van der Waals surface area (Å²) in [6.07, 6.45) is 2.61. The second-order valence-electron chi connectivity index (χ2n) is 3.09. The largest absolute Gasteiger partial charge is 0.445 e. The van der Waals surface area contributed by atoms with E-state index in [2.05, 4.69) is 10.1 Å². The lowest BCUT2D eigenvalue weighted by molar-refractivity contribution is 0.123. The summed E-state index contributed by atoms with van der Waals surface area (Å²) in [5.41, 5.74) is 0. The molecule has 1 aliphatic carbocycles. The predicted molar refractivity (Wildman–Crippen MR) is 58.3 cm³/mol. The number of ether oxygens (including phenoxy) is 1. The van der Waals surface area contributed by atoms with Crippen LogP contribution in [0.2, 0.25) is 0 Å². The van der Waals surface area contributed by atoms with Crippen LogP contribution in [0.3, 0.4) is 0 Å². The molecule has 7 heteroatoms. The highest BCUT2D eigenvalue weighted by Gasteiger charge is 2.25. The van der Waals surface area contributed by atoms with Crippen molar-refractivity contribution in [1.82, 2.24) is 5.32 Å². The number of alkyl carbamates (subject to hydrolysis) is 1. The number of hydrogen-bond donors (Lipinski definition) is 2. The van der Waals surface area contributed by atoms with Crippen LogP contribution in [0, 0.1) is 0 Å². The normalized spacial score (nSPS) is 25.3. The molecule has 0 aromatic carbocycles. The van der Waals surface area contributed by atoms with Crippen LogP contribution in [0.1, 0.15) is 6.42 Å². The van der Waals surface area contributed by atoms with Gasteiger partial charge in [-0.25, -0.2) is 4.79 Å². The number of aliphatic hydroxyl groups is 1. The maximum atomic E-state index is 11.1. The number of aliphatic hydroxyl groups excluding tert-OH is 1. The van der Waals surface area contributed by atoms with E-state index in [4.69, 9.17) is 34.8 Å². The quantitative estimate of drug-likeness (QED) is 0.596. The zero-order chi connectivity index (χ0) is 11.5. The molecule has 0 saturated heterocycles. The fourth-order valence-corrected chi connectivity index (χ4v) is 1.27. The van der Waals surface area contributed by atoms with Gasteiger partial charge in [-0.3, -0.25) is 0 Å². The summed E-state index contributed by atoms with van der Waals surface area (Å²) in [6.45, 7) is -0.337.